The van der Waals surface area contributed by atoms with Crippen LogP contribution in [0.3, 0.4) is 0 Å². The number of aryl methyl sites for hydroxylation is 1. The highest BCUT2D eigenvalue weighted by Gasteiger charge is 2.39. The molecule has 2 rings (SSSR count). The summed E-state index contributed by atoms with van der Waals surface area (Å²) in [7, 11) is 0. The quantitative estimate of drug-likeness (QED) is 0.595. The molecule has 6 heteroatoms. The van der Waals surface area contributed by atoms with E-state index in [0.717, 1.165) is 5.56 Å². The van der Waals surface area contributed by atoms with Crippen molar-refractivity contribution in [3.63, 3.8) is 0 Å². The molecule has 0 aliphatic carbocycles. The van der Waals surface area contributed by atoms with E-state index in [-0.39, 0.29) is 5.75 Å². The van der Waals surface area contributed by atoms with Crippen LogP contribution < -0.4 is 4.74 Å². The van der Waals surface area contributed by atoms with Crippen LogP contribution in [0.25, 0.3) is 0 Å². The zero-order chi connectivity index (χ0) is 14.9. The van der Waals surface area contributed by atoms with Crippen LogP contribution in [0.4, 0.5) is 22.0 Å². The second kappa shape index (κ2) is 5.11. The molecule has 0 heterocycles. The van der Waals surface area contributed by atoms with Gasteiger partial charge in [0.15, 0.2) is 17.5 Å². The molecule has 2 aromatic rings. The molecule has 1 nitrogen and oxygen atoms in total. The third-order valence-electron chi connectivity index (χ3n) is 2.62. The summed E-state index contributed by atoms with van der Waals surface area (Å²) >= 11 is 0. The maximum absolute atomic E-state index is 13.8. The van der Waals surface area contributed by atoms with Gasteiger partial charge in [0, 0.05) is 0 Å². The van der Waals surface area contributed by atoms with Crippen LogP contribution in [0.15, 0.2) is 36.4 Å². The Hall–Kier alpha value is -2.11. The molecule has 0 aliphatic heterocycles. The zero-order valence-corrected chi connectivity index (χ0v) is 10.3. The fraction of sp³-hybridized carbons (Fsp3) is 0.143. The molecule has 0 radical (unpaired) electrons. The van der Waals surface area contributed by atoms with Crippen LogP contribution >= 0.6 is 0 Å². The van der Waals surface area contributed by atoms with Crippen molar-refractivity contribution < 1.29 is 26.7 Å². The lowest BCUT2D eigenvalue weighted by Crippen LogP contribution is -2.24. The van der Waals surface area contributed by atoms with E-state index in [1.54, 1.807) is 6.92 Å². The van der Waals surface area contributed by atoms with E-state index in [9.17, 15) is 22.0 Å². The molecule has 0 saturated carbocycles. The molecular weight excluding hydrogens is 279 g/mol. The molecule has 20 heavy (non-hydrogen) atoms. The minimum Gasteiger partial charge on any atom is -0.429 e. The van der Waals surface area contributed by atoms with Crippen LogP contribution in [-0.2, 0) is 6.11 Å². The van der Waals surface area contributed by atoms with Crippen molar-refractivity contribution in [2.45, 2.75) is 13.0 Å². The summed E-state index contributed by atoms with van der Waals surface area (Å²) in [6, 6.07) is 6.43. The van der Waals surface area contributed by atoms with Crippen molar-refractivity contribution in [1.82, 2.24) is 0 Å². The van der Waals surface area contributed by atoms with Gasteiger partial charge in [-0.1, -0.05) is 17.7 Å². The largest absolute Gasteiger partial charge is 0.429 e. The Labute approximate surface area is 111 Å². The normalized spacial score (nSPS) is 11.5. The average Bonchev–Trinajstić information content (AvgIpc) is 2.38. The Morgan fingerprint density at radius 1 is 0.850 bits per heavy atom. The molecule has 0 unspecified atom stereocenters. The molecule has 0 aliphatic rings. The first-order valence-corrected chi connectivity index (χ1v) is 5.59. The minimum atomic E-state index is -4.12. The van der Waals surface area contributed by atoms with Gasteiger partial charge in [-0.15, -0.1) is 0 Å². The fourth-order valence-electron chi connectivity index (χ4n) is 1.56. The van der Waals surface area contributed by atoms with Crippen LogP contribution in [0.5, 0.6) is 5.75 Å². The molecule has 0 saturated heterocycles. The van der Waals surface area contributed by atoms with Crippen LogP contribution in [0, 0.1) is 24.4 Å². The zero-order valence-electron chi connectivity index (χ0n) is 10.3. The molecule has 0 fully saturated rings. The van der Waals surface area contributed by atoms with E-state index < -0.39 is 29.1 Å². The van der Waals surface area contributed by atoms with Gasteiger partial charge in [-0.25, -0.2) is 13.2 Å². The maximum Gasteiger partial charge on any atom is 0.429 e. The van der Waals surface area contributed by atoms with Crippen molar-refractivity contribution in [2.24, 2.45) is 0 Å². The number of halogens is 5. The Bertz CT molecular complexity index is 622. The van der Waals surface area contributed by atoms with Gasteiger partial charge < -0.3 is 4.74 Å². The Balaban J connectivity index is 2.35. The lowest BCUT2D eigenvalue weighted by atomic mass is 10.2. The second-order valence-electron chi connectivity index (χ2n) is 4.15. The number of hydrogen-bond donors (Lipinski definition) is 0. The molecule has 2 aromatic carbocycles. The fourth-order valence-corrected chi connectivity index (χ4v) is 1.56. The van der Waals surface area contributed by atoms with Crippen LogP contribution in [-0.4, -0.2) is 0 Å². The lowest BCUT2D eigenvalue weighted by Gasteiger charge is -2.19. The average molecular weight is 288 g/mol. The Kier molecular flexibility index (Phi) is 3.65. The molecule has 0 bridgehead atoms. The highest BCUT2D eigenvalue weighted by Crippen LogP contribution is 2.34. The predicted molar refractivity (Wildman–Crippen MR) is 62.0 cm³/mol. The van der Waals surface area contributed by atoms with E-state index in [0.29, 0.717) is 12.1 Å². The van der Waals surface area contributed by atoms with Gasteiger partial charge in [0.05, 0.1) is 0 Å². The summed E-state index contributed by atoms with van der Waals surface area (Å²) in [5.74, 6) is -5.70. The molecule has 0 atom stereocenters. The van der Waals surface area contributed by atoms with Gasteiger partial charge in [0.2, 0.25) is 0 Å². The highest BCUT2D eigenvalue weighted by molar-refractivity contribution is 5.29. The van der Waals surface area contributed by atoms with E-state index in [1.165, 1.54) is 24.3 Å². The SMILES string of the molecule is Cc1ccc(OC(F)(F)c2ccc(F)c(F)c2F)cc1. The standard InChI is InChI=1S/C14H9F5O/c1-8-2-4-9(5-3-8)20-14(18,19)10-6-7-11(15)13(17)12(10)16/h2-7H,1H3. The number of ether oxygens (including phenoxy) is 1. The third-order valence-corrected chi connectivity index (χ3v) is 2.62. The Morgan fingerprint density at radius 2 is 1.45 bits per heavy atom. The summed E-state index contributed by atoms with van der Waals surface area (Å²) in [6.07, 6.45) is -4.12. The van der Waals surface area contributed by atoms with E-state index >= 15 is 0 Å². The summed E-state index contributed by atoms with van der Waals surface area (Å²) in [4.78, 5) is 0. The van der Waals surface area contributed by atoms with Crippen molar-refractivity contribution in [3.05, 3.63) is 65.0 Å². The molecular formula is C14H9F5O. The molecule has 0 spiro atoms. The van der Waals surface area contributed by atoms with Gasteiger partial charge >= 0.3 is 6.11 Å². The lowest BCUT2D eigenvalue weighted by molar-refractivity contribution is -0.187. The number of alkyl halides is 2. The first-order valence-electron chi connectivity index (χ1n) is 5.59. The smallest absolute Gasteiger partial charge is 0.429 e. The maximum atomic E-state index is 13.8. The molecule has 106 valence electrons. The van der Waals surface area contributed by atoms with Crippen LogP contribution in [0.1, 0.15) is 11.1 Å². The van der Waals surface area contributed by atoms with Crippen molar-refractivity contribution >= 4 is 0 Å². The van der Waals surface area contributed by atoms with Gasteiger partial charge in [0.1, 0.15) is 11.3 Å². The van der Waals surface area contributed by atoms with E-state index in [2.05, 4.69) is 4.74 Å². The van der Waals surface area contributed by atoms with Crippen molar-refractivity contribution in [2.75, 3.05) is 0 Å². The molecule has 0 amide bonds. The van der Waals surface area contributed by atoms with Gasteiger partial charge in [-0.2, -0.15) is 8.78 Å². The van der Waals surface area contributed by atoms with Gasteiger partial charge in [-0.05, 0) is 31.2 Å². The van der Waals surface area contributed by atoms with E-state index in [1.807, 2.05) is 0 Å². The monoisotopic (exact) mass is 288 g/mol. The number of benzene rings is 2. The topological polar surface area (TPSA) is 9.23 Å². The minimum absolute atomic E-state index is 0.218. The number of hydrogen-bond acceptors (Lipinski definition) is 1. The van der Waals surface area contributed by atoms with Crippen molar-refractivity contribution in [3.8, 4) is 5.75 Å². The highest BCUT2D eigenvalue weighted by atomic mass is 19.3. The molecule has 0 N–H and O–H groups in total. The summed E-state index contributed by atoms with van der Waals surface area (Å²) in [6.45, 7) is 1.75. The Morgan fingerprint density at radius 3 is 2.05 bits per heavy atom. The van der Waals surface area contributed by atoms with E-state index in [4.69, 9.17) is 0 Å². The summed E-state index contributed by atoms with van der Waals surface area (Å²) in [5.41, 5.74) is -0.545. The predicted octanol–water partition coefficient (Wildman–Crippen LogP) is 4.54. The summed E-state index contributed by atoms with van der Waals surface area (Å²) < 4.78 is 70.9. The van der Waals surface area contributed by atoms with Gasteiger partial charge in [-0.3, -0.25) is 0 Å². The third kappa shape index (κ3) is 2.74. The van der Waals surface area contributed by atoms with Crippen molar-refractivity contribution in [1.29, 1.82) is 0 Å². The van der Waals surface area contributed by atoms with Gasteiger partial charge in [0.25, 0.3) is 0 Å². The van der Waals surface area contributed by atoms with Crippen LogP contribution in [0.2, 0.25) is 0 Å². The first-order chi connectivity index (χ1) is 9.31. The first kappa shape index (κ1) is 14.3. The molecule has 0 aromatic heterocycles. The summed E-state index contributed by atoms with van der Waals surface area (Å²) in [5, 5.41) is 0. The number of rotatable bonds is 3. The second-order valence-corrected chi connectivity index (χ2v) is 4.15.